The van der Waals surface area contributed by atoms with E-state index in [4.69, 9.17) is 14.7 Å². The zero-order valence-corrected chi connectivity index (χ0v) is 44.1. The summed E-state index contributed by atoms with van der Waals surface area (Å²) in [5.74, 6) is 0.00776. The monoisotopic (exact) mass is 1070 g/mol. The molecule has 11 aromatic rings. The van der Waals surface area contributed by atoms with Gasteiger partial charge in [0.2, 0.25) is 0 Å². The number of hydrogen-bond donors (Lipinski definition) is 6. The Kier molecular flexibility index (Phi) is 13.8. The molecule has 4 aromatic heterocycles. The Morgan fingerprint density at radius 2 is 0.744 bits per heavy atom. The van der Waals surface area contributed by atoms with Crippen LogP contribution in [0, 0.1) is 0 Å². The normalized spacial score (nSPS) is 11.5. The first-order valence-electron chi connectivity index (χ1n) is 26.8. The van der Waals surface area contributed by atoms with Crippen LogP contribution in [0.4, 0.5) is 34.1 Å². The molecule has 6 heterocycles. The first-order chi connectivity index (χ1) is 40.4. The molecule has 0 atom stereocenters. The summed E-state index contributed by atoms with van der Waals surface area (Å²) in [6, 6.07) is 73.6. The predicted octanol–water partition coefficient (Wildman–Crippen LogP) is 16.5. The van der Waals surface area contributed by atoms with Crippen molar-refractivity contribution in [1.29, 1.82) is 0 Å². The number of pyridine rings is 1. The molecule has 0 spiro atoms. The molecular weight excluding hydrogens is 1010 g/mol. The number of hydrogen-bond acceptors (Lipinski definition) is 8. The summed E-state index contributed by atoms with van der Waals surface area (Å²) in [7, 11) is 0. The summed E-state index contributed by atoms with van der Waals surface area (Å²) in [6.07, 6.45) is 11.5. The number of rotatable bonds is 14. The van der Waals surface area contributed by atoms with Crippen LogP contribution in [0.2, 0.25) is 0 Å². The summed E-state index contributed by atoms with van der Waals surface area (Å²) in [5.41, 5.74) is 19.6. The van der Waals surface area contributed by atoms with Crippen molar-refractivity contribution in [1.82, 2.24) is 24.9 Å². The van der Waals surface area contributed by atoms with E-state index < -0.39 is 0 Å². The van der Waals surface area contributed by atoms with Crippen molar-refractivity contribution in [2.75, 3.05) is 27.9 Å². The molecule has 394 valence electrons. The Morgan fingerprint density at radius 3 is 1.18 bits per heavy atom. The molecule has 13 rings (SSSR count). The van der Waals surface area contributed by atoms with Gasteiger partial charge in [-0.15, -0.1) is 0 Å². The van der Waals surface area contributed by atoms with E-state index in [1.165, 1.54) is 0 Å². The van der Waals surface area contributed by atoms with Gasteiger partial charge >= 0.3 is 0 Å². The third kappa shape index (κ3) is 10.8. The molecule has 0 aliphatic carbocycles. The fourth-order valence-electron chi connectivity index (χ4n) is 10.3. The number of nitrogens with zero attached hydrogens (tertiary/aromatic N) is 3. The van der Waals surface area contributed by atoms with E-state index in [2.05, 4.69) is 133 Å². The molecule has 0 fully saturated rings. The van der Waals surface area contributed by atoms with Crippen molar-refractivity contribution < 1.29 is 14.3 Å². The molecule has 12 heteroatoms. The molecular formula is C70H51N9O3. The first-order valence-corrected chi connectivity index (χ1v) is 26.8. The molecule has 0 saturated carbocycles. The van der Waals surface area contributed by atoms with Gasteiger partial charge in [0, 0.05) is 102 Å². The molecule has 82 heavy (non-hydrogen) atoms. The molecule has 2 aliphatic heterocycles. The highest BCUT2D eigenvalue weighted by Gasteiger charge is 2.21. The molecule has 6 N–H and O–H groups in total. The van der Waals surface area contributed by atoms with Gasteiger partial charge in [-0.25, -0.2) is 9.97 Å². The summed E-state index contributed by atoms with van der Waals surface area (Å²) >= 11 is 0. The quantitative estimate of drug-likeness (QED) is 0.0627. The van der Waals surface area contributed by atoms with Crippen molar-refractivity contribution >= 4 is 92.3 Å². The highest BCUT2D eigenvalue weighted by molar-refractivity contribution is 6.04. The van der Waals surface area contributed by atoms with E-state index in [0.717, 1.165) is 112 Å². The highest BCUT2D eigenvalue weighted by Crippen LogP contribution is 2.41. The number of carbonyl (C=O) groups is 2. The lowest BCUT2D eigenvalue weighted by atomic mass is 10.0. The van der Waals surface area contributed by atoms with Crippen LogP contribution in [0.15, 0.2) is 237 Å². The third-order valence-electron chi connectivity index (χ3n) is 14.2. The fourth-order valence-corrected chi connectivity index (χ4v) is 10.3. The van der Waals surface area contributed by atoms with Gasteiger partial charge in [0.25, 0.3) is 11.8 Å². The second-order valence-electron chi connectivity index (χ2n) is 19.6. The minimum atomic E-state index is -0.314. The Bertz CT molecular complexity index is 4350. The standard InChI is InChI=1S/C70H51N9O3/c80-65(74-53-28-24-51(25-29-53)72-49-20-22-50(23-21-49)73-52-26-30-54(31-27-52)75-70(81)48-40-42-71-43-41-48)44-82-64-19-11-10-18-55(64)69-62-38-36-60(78-62)67(46-14-6-2-7-15-46)58-34-32-56(76-58)66(45-12-4-1-5-13-45)57-33-35-59(77-57)68(47-16-8-3-9-17-47)61-37-39-63(69)79-61/h1-43,72-73,76,79H,44H2,(H,74,80)(H,75,81). The Hall–Kier alpha value is -11.4. The summed E-state index contributed by atoms with van der Waals surface area (Å²) in [4.78, 5) is 48.7. The van der Waals surface area contributed by atoms with Gasteiger partial charge in [-0.2, -0.15) is 0 Å². The van der Waals surface area contributed by atoms with Crippen molar-refractivity contribution in [3.63, 3.8) is 0 Å². The lowest BCUT2D eigenvalue weighted by molar-refractivity contribution is -0.118. The molecule has 2 amide bonds. The van der Waals surface area contributed by atoms with Crippen molar-refractivity contribution in [3.8, 4) is 50.3 Å². The summed E-state index contributed by atoms with van der Waals surface area (Å²) in [6.45, 7) is -0.243. The molecule has 2 aliphatic rings. The molecule has 0 saturated heterocycles. The van der Waals surface area contributed by atoms with E-state index in [1.54, 1.807) is 24.5 Å². The van der Waals surface area contributed by atoms with Crippen LogP contribution in [0.1, 0.15) is 33.1 Å². The smallest absolute Gasteiger partial charge is 0.262 e. The van der Waals surface area contributed by atoms with Crippen molar-refractivity contribution in [2.45, 2.75) is 0 Å². The number of benzene rings is 7. The molecule has 0 radical (unpaired) electrons. The number of aromatic amines is 2. The maximum Gasteiger partial charge on any atom is 0.262 e. The van der Waals surface area contributed by atoms with Gasteiger partial charge < -0.3 is 36.0 Å². The number of nitrogens with one attached hydrogen (secondary N) is 6. The second-order valence-corrected chi connectivity index (χ2v) is 19.6. The van der Waals surface area contributed by atoms with Crippen LogP contribution in [0.5, 0.6) is 5.75 Å². The number of aromatic nitrogens is 5. The minimum absolute atomic E-state index is 0.196. The molecule has 12 nitrogen and oxygen atoms in total. The van der Waals surface area contributed by atoms with E-state index in [-0.39, 0.29) is 18.4 Å². The van der Waals surface area contributed by atoms with E-state index in [0.29, 0.717) is 22.7 Å². The lowest BCUT2D eigenvalue weighted by Gasteiger charge is -2.13. The van der Waals surface area contributed by atoms with Crippen molar-refractivity contribution in [3.05, 3.63) is 265 Å². The van der Waals surface area contributed by atoms with Crippen LogP contribution in [-0.2, 0) is 4.79 Å². The third-order valence-corrected chi connectivity index (χ3v) is 14.2. The number of fused-ring (bicyclic) bond motifs is 8. The minimum Gasteiger partial charge on any atom is -0.483 e. The zero-order chi connectivity index (χ0) is 55.2. The van der Waals surface area contributed by atoms with Crippen LogP contribution in [-0.4, -0.2) is 43.3 Å². The second kappa shape index (κ2) is 22.5. The Balaban J connectivity index is 0.775. The number of anilines is 6. The van der Waals surface area contributed by atoms with E-state index in [9.17, 15) is 9.59 Å². The van der Waals surface area contributed by atoms with Gasteiger partial charge in [-0.1, -0.05) is 109 Å². The predicted molar refractivity (Wildman–Crippen MR) is 333 cm³/mol. The van der Waals surface area contributed by atoms with Gasteiger partial charge in [0.1, 0.15) is 5.75 Å². The van der Waals surface area contributed by atoms with E-state index >= 15 is 0 Å². The maximum absolute atomic E-state index is 13.7. The van der Waals surface area contributed by atoms with Crippen molar-refractivity contribution in [2.24, 2.45) is 0 Å². The van der Waals surface area contributed by atoms with E-state index in [1.807, 2.05) is 140 Å². The lowest BCUT2D eigenvalue weighted by Crippen LogP contribution is -2.20. The number of H-pyrrole nitrogens is 2. The molecule has 0 unspecified atom stereocenters. The van der Waals surface area contributed by atoms with Gasteiger partial charge in [-0.05, 0) is 156 Å². The SMILES string of the molecule is O=C(COc1ccccc1-c1c2nc(c(-c3ccccc3)c3ccc([nH]3)c(-c3ccccc3)c3nc(c(-c4ccccc4)c4ccc1[nH]4)C=C3)C=C2)Nc1ccc(Nc2ccc(Nc3ccc(NC(=O)c4ccncc4)cc3)cc2)cc1. The number of carbonyl (C=O) groups excluding carboxylic acids is 2. The van der Waals surface area contributed by atoms with Gasteiger partial charge in [0.05, 0.1) is 22.8 Å². The zero-order valence-electron chi connectivity index (χ0n) is 44.1. The van der Waals surface area contributed by atoms with Gasteiger partial charge in [-0.3, -0.25) is 14.6 Å². The van der Waals surface area contributed by atoms with Crippen LogP contribution >= 0.6 is 0 Å². The molecule has 8 bridgehead atoms. The summed E-state index contributed by atoms with van der Waals surface area (Å²) in [5, 5.41) is 12.8. The first kappa shape index (κ1) is 50.2. The van der Waals surface area contributed by atoms with Crippen LogP contribution < -0.4 is 26.0 Å². The maximum atomic E-state index is 13.7. The largest absolute Gasteiger partial charge is 0.483 e. The number of amides is 2. The molecule has 7 aromatic carbocycles. The van der Waals surface area contributed by atoms with Crippen LogP contribution in [0.3, 0.4) is 0 Å². The topological polar surface area (TPSA) is 162 Å². The average Bonchev–Trinajstić information content (AvgIpc) is 4.04. The Labute approximate surface area is 472 Å². The fraction of sp³-hybridized carbons (Fsp3) is 0.0143. The Morgan fingerprint density at radius 1 is 0.378 bits per heavy atom. The van der Waals surface area contributed by atoms with Gasteiger partial charge in [0.15, 0.2) is 6.61 Å². The number of ether oxygens (including phenoxy) is 1. The average molecular weight is 1070 g/mol. The number of para-hydroxylation sites is 1. The highest BCUT2D eigenvalue weighted by atomic mass is 16.5. The summed E-state index contributed by atoms with van der Waals surface area (Å²) < 4.78 is 6.47. The van der Waals surface area contributed by atoms with Crippen LogP contribution in [0.25, 0.3) is 90.9 Å².